The van der Waals surface area contributed by atoms with Gasteiger partial charge in [-0.2, -0.15) is 4.98 Å². The lowest BCUT2D eigenvalue weighted by molar-refractivity contribution is -0.151. The van der Waals surface area contributed by atoms with Gasteiger partial charge in [0.1, 0.15) is 0 Å². The summed E-state index contributed by atoms with van der Waals surface area (Å²) in [5.41, 5.74) is -0.759. The molecule has 1 aliphatic carbocycles. The second-order valence-electron chi connectivity index (χ2n) is 5.31. The summed E-state index contributed by atoms with van der Waals surface area (Å²) in [4.78, 5) is 15.8. The molecule has 0 spiro atoms. The zero-order chi connectivity index (χ0) is 14.0. The van der Waals surface area contributed by atoms with Crippen molar-refractivity contribution >= 4 is 5.97 Å². The Morgan fingerprint density at radius 3 is 2.80 bits per heavy atom. The Labute approximate surface area is 115 Å². The smallest absolute Gasteiger partial charge is 0.310 e. The molecule has 0 radical (unpaired) electrons. The summed E-state index contributed by atoms with van der Waals surface area (Å²) in [5, 5.41) is 13.4. The normalized spacial score (nSPS) is 18.0. The Morgan fingerprint density at radius 2 is 2.15 bits per heavy atom. The van der Waals surface area contributed by atoms with Crippen LogP contribution in [0.4, 0.5) is 0 Å². The molecule has 2 aromatic heterocycles. The first kappa shape index (κ1) is 12.9. The van der Waals surface area contributed by atoms with E-state index in [0.29, 0.717) is 30.3 Å². The molecule has 1 aliphatic rings. The lowest BCUT2D eigenvalue weighted by atomic mass is 9.72. The fourth-order valence-electron chi connectivity index (χ4n) is 2.82. The van der Waals surface area contributed by atoms with Gasteiger partial charge in [0.15, 0.2) is 5.76 Å². The third-order valence-electron chi connectivity index (χ3n) is 3.96. The minimum absolute atomic E-state index is 0.288. The number of hydrogen-bond donors (Lipinski definition) is 1. The fraction of sp³-hybridized carbons (Fsp3) is 0.500. The van der Waals surface area contributed by atoms with E-state index < -0.39 is 11.4 Å². The summed E-state index contributed by atoms with van der Waals surface area (Å²) >= 11 is 0. The Bertz CT molecular complexity index is 582. The number of furan rings is 1. The van der Waals surface area contributed by atoms with E-state index in [1.807, 2.05) is 0 Å². The average Bonchev–Trinajstić information content (AvgIpc) is 3.10. The molecule has 6 heteroatoms. The van der Waals surface area contributed by atoms with Crippen molar-refractivity contribution in [1.29, 1.82) is 0 Å². The van der Waals surface area contributed by atoms with Crippen molar-refractivity contribution in [2.24, 2.45) is 5.41 Å². The molecule has 20 heavy (non-hydrogen) atoms. The molecule has 0 atom stereocenters. The number of carboxylic acid groups (broad SMARTS) is 1. The van der Waals surface area contributed by atoms with E-state index in [0.717, 1.165) is 19.3 Å². The van der Waals surface area contributed by atoms with Crippen LogP contribution in [0.2, 0.25) is 0 Å². The summed E-state index contributed by atoms with van der Waals surface area (Å²) in [7, 11) is 0. The van der Waals surface area contributed by atoms with Crippen LogP contribution in [0.3, 0.4) is 0 Å². The number of aromatic nitrogens is 2. The van der Waals surface area contributed by atoms with E-state index in [4.69, 9.17) is 8.94 Å². The van der Waals surface area contributed by atoms with Gasteiger partial charge in [0.05, 0.1) is 11.7 Å². The van der Waals surface area contributed by atoms with Crippen molar-refractivity contribution in [3.63, 3.8) is 0 Å². The Morgan fingerprint density at radius 1 is 1.35 bits per heavy atom. The number of carbonyl (C=O) groups is 1. The van der Waals surface area contributed by atoms with Crippen LogP contribution in [0.1, 0.15) is 38.0 Å². The van der Waals surface area contributed by atoms with Crippen molar-refractivity contribution in [3.8, 4) is 11.6 Å². The highest BCUT2D eigenvalue weighted by atomic mass is 16.5. The maximum absolute atomic E-state index is 11.6. The number of aliphatic carboxylic acids is 1. The first-order valence-electron chi connectivity index (χ1n) is 6.79. The minimum Gasteiger partial charge on any atom is -0.481 e. The highest BCUT2D eigenvalue weighted by Gasteiger charge is 2.41. The fourth-order valence-corrected chi connectivity index (χ4v) is 2.82. The SMILES string of the molecule is O=C(O)C1(Cc2nc(-c3ccco3)no2)CCCCC1. The van der Waals surface area contributed by atoms with Crippen molar-refractivity contribution in [3.05, 3.63) is 24.3 Å². The molecular weight excluding hydrogens is 260 g/mol. The van der Waals surface area contributed by atoms with Crippen LogP contribution in [-0.2, 0) is 11.2 Å². The van der Waals surface area contributed by atoms with Crippen molar-refractivity contribution < 1.29 is 18.8 Å². The summed E-state index contributed by atoms with van der Waals surface area (Å²) in [6.45, 7) is 0. The third kappa shape index (κ3) is 2.33. The molecule has 6 nitrogen and oxygen atoms in total. The second kappa shape index (κ2) is 5.11. The Balaban J connectivity index is 1.81. The van der Waals surface area contributed by atoms with Gasteiger partial charge in [-0.3, -0.25) is 4.79 Å². The van der Waals surface area contributed by atoms with Gasteiger partial charge in [-0.25, -0.2) is 0 Å². The van der Waals surface area contributed by atoms with Crippen LogP contribution < -0.4 is 0 Å². The van der Waals surface area contributed by atoms with Crippen molar-refractivity contribution in [1.82, 2.24) is 10.1 Å². The van der Waals surface area contributed by atoms with Crippen LogP contribution in [0, 0.1) is 5.41 Å². The minimum atomic E-state index is -0.769. The standard InChI is InChI=1S/C14H16N2O4/c17-13(18)14(6-2-1-3-7-14)9-11-15-12(16-20-11)10-5-4-8-19-10/h4-5,8H,1-3,6-7,9H2,(H,17,18). The molecule has 0 unspecified atom stereocenters. The Hall–Kier alpha value is -2.11. The highest BCUT2D eigenvalue weighted by molar-refractivity contribution is 5.75. The first-order valence-corrected chi connectivity index (χ1v) is 6.79. The van der Waals surface area contributed by atoms with Gasteiger partial charge in [-0.15, -0.1) is 0 Å². The van der Waals surface area contributed by atoms with E-state index in [2.05, 4.69) is 10.1 Å². The average molecular weight is 276 g/mol. The van der Waals surface area contributed by atoms with E-state index in [1.54, 1.807) is 12.1 Å². The number of hydrogen-bond acceptors (Lipinski definition) is 5. The summed E-state index contributed by atoms with van der Waals surface area (Å²) in [6, 6.07) is 3.48. The van der Waals surface area contributed by atoms with Gasteiger partial charge >= 0.3 is 5.97 Å². The molecular formula is C14H16N2O4. The van der Waals surface area contributed by atoms with Crippen LogP contribution in [-0.4, -0.2) is 21.2 Å². The lowest BCUT2D eigenvalue weighted by Gasteiger charge is -2.31. The predicted molar refractivity (Wildman–Crippen MR) is 68.9 cm³/mol. The van der Waals surface area contributed by atoms with Crippen molar-refractivity contribution in [2.75, 3.05) is 0 Å². The predicted octanol–water partition coefficient (Wildman–Crippen LogP) is 2.91. The van der Waals surface area contributed by atoms with Gasteiger partial charge in [0, 0.05) is 6.42 Å². The zero-order valence-corrected chi connectivity index (χ0v) is 11.0. The van der Waals surface area contributed by atoms with Crippen LogP contribution >= 0.6 is 0 Å². The van der Waals surface area contributed by atoms with E-state index in [-0.39, 0.29) is 6.42 Å². The molecule has 1 N–H and O–H groups in total. The van der Waals surface area contributed by atoms with Gasteiger partial charge < -0.3 is 14.0 Å². The molecule has 106 valence electrons. The molecule has 0 aliphatic heterocycles. The third-order valence-corrected chi connectivity index (χ3v) is 3.96. The Kier molecular flexibility index (Phi) is 3.30. The van der Waals surface area contributed by atoms with Crippen LogP contribution in [0.25, 0.3) is 11.6 Å². The van der Waals surface area contributed by atoms with Crippen LogP contribution in [0.5, 0.6) is 0 Å². The molecule has 0 aromatic carbocycles. The van der Waals surface area contributed by atoms with E-state index in [1.165, 1.54) is 6.26 Å². The van der Waals surface area contributed by atoms with Crippen molar-refractivity contribution in [2.45, 2.75) is 38.5 Å². The molecule has 1 saturated carbocycles. The summed E-state index contributed by atoms with van der Waals surface area (Å²) in [5.74, 6) is 0.477. The quantitative estimate of drug-likeness (QED) is 0.923. The lowest BCUT2D eigenvalue weighted by Crippen LogP contribution is -2.35. The molecule has 2 heterocycles. The summed E-state index contributed by atoms with van der Waals surface area (Å²) in [6.07, 6.45) is 6.12. The molecule has 3 rings (SSSR count). The topological polar surface area (TPSA) is 89.4 Å². The molecule has 1 fully saturated rings. The highest BCUT2D eigenvalue weighted by Crippen LogP contribution is 2.39. The molecule has 0 amide bonds. The zero-order valence-electron chi connectivity index (χ0n) is 11.0. The van der Waals surface area contributed by atoms with Gasteiger partial charge in [0.25, 0.3) is 0 Å². The molecule has 0 bridgehead atoms. The maximum Gasteiger partial charge on any atom is 0.310 e. The summed E-state index contributed by atoms with van der Waals surface area (Å²) < 4.78 is 10.4. The van der Waals surface area contributed by atoms with Crippen LogP contribution in [0.15, 0.2) is 27.3 Å². The van der Waals surface area contributed by atoms with E-state index in [9.17, 15) is 9.90 Å². The van der Waals surface area contributed by atoms with Gasteiger partial charge in [0.2, 0.25) is 11.7 Å². The number of rotatable bonds is 4. The second-order valence-corrected chi connectivity index (χ2v) is 5.31. The van der Waals surface area contributed by atoms with E-state index >= 15 is 0 Å². The first-order chi connectivity index (χ1) is 9.70. The maximum atomic E-state index is 11.6. The number of nitrogens with zero attached hydrogens (tertiary/aromatic N) is 2. The van der Waals surface area contributed by atoms with Gasteiger partial charge in [-0.05, 0) is 25.0 Å². The molecule has 2 aromatic rings. The largest absolute Gasteiger partial charge is 0.481 e. The monoisotopic (exact) mass is 276 g/mol. The number of carboxylic acids is 1. The van der Waals surface area contributed by atoms with Gasteiger partial charge in [-0.1, -0.05) is 24.4 Å². The molecule has 0 saturated heterocycles.